The highest BCUT2D eigenvalue weighted by molar-refractivity contribution is 6.18. The molecule has 1 unspecified atom stereocenters. The maximum absolute atomic E-state index is 3.48. The van der Waals surface area contributed by atoms with Gasteiger partial charge in [-0.1, -0.05) is 127 Å². The standard InChI is InChI=1S/C44H32N2/c1-2-9-38-37(8-1)40-11-7-10-39-36(22-23-41(38)44(39)40)35-27-33(29-14-18-31(19-15-29)42-12-3-5-24-45-42)26-34(28-35)30-16-20-32(21-17-30)43-13-4-6-25-46-43/h1-24,26-28,42,45-46H,25H2. The van der Waals surface area contributed by atoms with Crippen molar-refractivity contribution in [2.24, 2.45) is 0 Å². The number of rotatable bonds is 5. The number of hydrogen-bond acceptors (Lipinski definition) is 2. The van der Waals surface area contributed by atoms with Gasteiger partial charge in [-0.2, -0.15) is 0 Å². The minimum absolute atomic E-state index is 0.196. The summed E-state index contributed by atoms with van der Waals surface area (Å²) in [6, 6.07) is 45.4. The number of dihydropyridines is 2. The summed E-state index contributed by atoms with van der Waals surface area (Å²) in [5, 5.41) is 9.58. The molecule has 0 aromatic heterocycles. The van der Waals surface area contributed by atoms with Gasteiger partial charge in [0.1, 0.15) is 0 Å². The maximum Gasteiger partial charge on any atom is 0.0695 e. The van der Waals surface area contributed by atoms with Crippen LogP contribution in [0.4, 0.5) is 0 Å². The Kier molecular flexibility index (Phi) is 6.31. The van der Waals surface area contributed by atoms with Crippen LogP contribution in [0.15, 0.2) is 164 Å². The van der Waals surface area contributed by atoms with E-state index in [1.54, 1.807) is 0 Å². The van der Waals surface area contributed by atoms with Crippen LogP contribution < -0.4 is 10.6 Å². The normalized spacial score (nSPS) is 15.7. The quantitative estimate of drug-likeness (QED) is 0.209. The van der Waals surface area contributed by atoms with E-state index in [1.807, 2.05) is 12.3 Å². The van der Waals surface area contributed by atoms with Crippen LogP contribution in [-0.2, 0) is 0 Å². The van der Waals surface area contributed by atoms with Crippen LogP contribution >= 0.6 is 0 Å². The van der Waals surface area contributed by atoms with Crippen LogP contribution in [0.25, 0.3) is 72.1 Å². The molecule has 0 spiro atoms. The second kappa shape index (κ2) is 10.9. The average molecular weight is 589 g/mol. The lowest BCUT2D eigenvalue weighted by molar-refractivity contribution is 0.746. The first kappa shape index (κ1) is 26.5. The highest BCUT2D eigenvalue weighted by Gasteiger charge is 2.22. The molecule has 6 aromatic carbocycles. The summed E-state index contributed by atoms with van der Waals surface area (Å²) in [4.78, 5) is 0. The summed E-state index contributed by atoms with van der Waals surface area (Å²) in [5.41, 5.74) is 16.2. The fraction of sp³-hybridized carbons (Fsp3) is 0.0455. The van der Waals surface area contributed by atoms with Crippen molar-refractivity contribution in [1.82, 2.24) is 10.6 Å². The Hall–Kier alpha value is -5.86. The fourth-order valence-electron chi connectivity index (χ4n) is 7.21. The molecule has 2 nitrogen and oxygen atoms in total. The third-order valence-corrected chi connectivity index (χ3v) is 9.52. The lowest BCUT2D eigenvalue weighted by atomic mass is 9.89. The summed E-state index contributed by atoms with van der Waals surface area (Å²) in [6.45, 7) is 0.862. The van der Waals surface area contributed by atoms with Crippen molar-refractivity contribution in [3.8, 4) is 55.6 Å². The van der Waals surface area contributed by atoms with E-state index in [2.05, 4.69) is 162 Å². The van der Waals surface area contributed by atoms with Gasteiger partial charge in [0.2, 0.25) is 0 Å². The molecule has 1 atom stereocenters. The molecular weight excluding hydrogens is 556 g/mol. The Bertz CT molecular complexity index is 2230. The molecular formula is C44H32N2. The molecule has 0 radical (unpaired) electrons. The van der Waals surface area contributed by atoms with E-state index in [9.17, 15) is 0 Å². The monoisotopic (exact) mass is 588 g/mol. The zero-order chi connectivity index (χ0) is 30.5. The zero-order valence-electron chi connectivity index (χ0n) is 25.4. The smallest absolute Gasteiger partial charge is 0.0695 e. The molecule has 218 valence electrons. The molecule has 3 aliphatic rings. The molecule has 2 aliphatic heterocycles. The third-order valence-electron chi connectivity index (χ3n) is 9.52. The molecule has 0 saturated heterocycles. The van der Waals surface area contributed by atoms with Gasteiger partial charge < -0.3 is 10.6 Å². The van der Waals surface area contributed by atoms with Gasteiger partial charge >= 0.3 is 0 Å². The number of nitrogens with one attached hydrogen (secondary N) is 2. The van der Waals surface area contributed by atoms with Crippen LogP contribution in [0.2, 0.25) is 0 Å². The van der Waals surface area contributed by atoms with Crippen LogP contribution in [0, 0.1) is 0 Å². The summed E-state index contributed by atoms with van der Waals surface area (Å²) >= 11 is 0. The SMILES string of the molecule is C1=CCNC(c2ccc(-c3cc(-c4ccc(C5C=CC=CN5)cc4)cc(-c4ccc5c6c(cccc46)-c4ccccc4-5)c3)cc2)=C1. The molecule has 1 aliphatic carbocycles. The lowest BCUT2D eigenvalue weighted by Crippen LogP contribution is -2.14. The van der Waals surface area contributed by atoms with Gasteiger partial charge in [0.15, 0.2) is 0 Å². The molecule has 6 aromatic rings. The van der Waals surface area contributed by atoms with Gasteiger partial charge in [0, 0.05) is 12.2 Å². The van der Waals surface area contributed by atoms with Gasteiger partial charge in [0.05, 0.1) is 6.04 Å². The Morgan fingerprint density at radius 1 is 0.500 bits per heavy atom. The first-order chi connectivity index (χ1) is 22.8. The molecule has 2 N–H and O–H groups in total. The van der Waals surface area contributed by atoms with Gasteiger partial charge in [-0.15, -0.1) is 0 Å². The van der Waals surface area contributed by atoms with Gasteiger partial charge in [-0.05, 0) is 114 Å². The van der Waals surface area contributed by atoms with Gasteiger partial charge in [0.25, 0.3) is 0 Å². The summed E-state index contributed by atoms with van der Waals surface area (Å²) in [5.74, 6) is 0. The molecule has 9 rings (SSSR count). The topological polar surface area (TPSA) is 24.1 Å². The number of benzene rings is 6. The van der Waals surface area contributed by atoms with Crippen LogP contribution in [0.1, 0.15) is 17.2 Å². The predicted octanol–water partition coefficient (Wildman–Crippen LogP) is 10.7. The van der Waals surface area contributed by atoms with Crippen molar-refractivity contribution in [3.63, 3.8) is 0 Å². The second-order valence-electron chi connectivity index (χ2n) is 12.2. The van der Waals surface area contributed by atoms with E-state index < -0.39 is 0 Å². The first-order valence-corrected chi connectivity index (χ1v) is 16.0. The molecule has 0 fully saturated rings. The van der Waals surface area contributed by atoms with E-state index in [0.29, 0.717) is 0 Å². The Labute approximate surface area is 269 Å². The minimum atomic E-state index is 0.196. The maximum atomic E-state index is 3.48. The molecule has 2 heterocycles. The summed E-state index contributed by atoms with van der Waals surface area (Å²) in [7, 11) is 0. The van der Waals surface area contributed by atoms with E-state index in [0.717, 1.165) is 12.2 Å². The van der Waals surface area contributed by atoms with E-state index in [1.165, 1.54) is 77.5 Å². The first-order valence-electron chi connectivity index (χ1n) is 16.0. The highest BCUT2D eigenvalue weighted by atomic mass is 14.9. The highest BCUT2D eigenvalue weighted by Crippen LogP contribution is 2.49. The summed E-state index contributed by atoms with van der Waals surface area (Å²) < 4.78 is 0. The second-order valence-corrected chi connectivity index (χ2v) is 12.2. The van der Waals surface area contributed by atoms with Crippen LogP contribution in [0.5, 0.6) is 0 Å². The fourth-order valence-corrected chi connectivity index (χ4v) is 7.21. The van der Waals surface area contributed by atoms with Crippen molar-refractivity contribution in [2.75, 3.05) is 6.54 Å². The molecule has 0 saturated carbocycles. The number of fused-ring (bicyclic) bond motifs is 3. The molecule has 46 heavy (non-hydrogen) atoms. The van der Waals surface area contributed by atoms with Gasteiger partial charge in [-0.25, -0.2) is 0 Å². The van der Waals surface area contributed by atoms with E-state index in [4.69, 9.17) is 0 Å². The van der Waals surface area contributed by atoms with Crippen molar-refractivity contribution >= 4 is 16.5 Å². The minimum Gasteiger partial charge on any atom is -0.381 e. The Balaban J connectivity index is 1.18. The third kappa shape index (κ3) is 4.50. The van der Waals surface area contributed by atoms with Crippen molar-refractivity contribution in [1.29, 1.82) is 0 Å². The van der Waals surface area contributed by atoms with Gasteiger partial charge in [-0.3, -0.25) is 0 Å². The van der Waals surface area contributed by atoms with Crippen LogP contribution in [-0.4, -0.2) is 6.54 Å². The van der Waals surface area contributed by atoms with E-state index in [-0.39, 0.29) is 6.04 Å². The molecule has 0 amide bonds. The van der Waals surface area contributed by atoms with Crippen molar-refractivity contribution < 1.29 is 0 Å². The average Bonchev–Trinajstić information content (AvgIpc) is 3.47. The van der Waals surface area contributed by atoms with Crippen molar-refractivity contribution in [2.45, 2.75) is 6.04 Å². The van der Waals surface area contributed by atoms with Crippen molar-refractivity contribution in [3.05, 3.63) is 175 Å². The Morgan fingerprint density at radius 2 is 1.15 bits per heavy atom. The molecule has 2 heteroatoms. The zero-order valence-corrected chi connectivity index (χ0v) is 25.4. The molecule has 0 bridgehead atoms. The van der Waals surface area contributed by atoms with E-state index >= 15 is 0 Å². The predicted molar refractivity (Wildman–Crippen MR) is 194 cm³/mol. The summed E-state index contributed by atoms with van der Waals surface area (Å²) in [6.07, 6.45) is 14.7. The number of hydrogen-bond donors (Lipinski definition) is 2. The largest absolute Gasteiger partial charge is 0.381 e. The van der Waals surface area contributed by atoms with Crippen LogP contribution in [0.3, 0.4) is 0 Å². The lowest BCUT2D eigenvalue weighted by Gasteiger charge is -2.17. The number of allylic oxidation sites excluding steroid dienone is 4. The Morgan fingerprint density at radius 3 is 1.85 bits per heavy atom.